The van der Waals surface area contributed by atoms with Gasteiger partial charge < -0.3 is 9.67 Å². The highest BCUT2D eigenvalue weighted by Gasteiger charge is 2.38. The molecule has 0 saturated carbocycles. The highest BCUT2D eigenvalue weighted by Crippen LogP contribution is 2.51. The summed E-state index contributed by atoms with van der Waals surface area (Å²) in [6, 6.07) is 19.3. The average molecular weight is 399 g/mol. The number of hydrogen-bond acceptors (Lipinski definition) is 2. The van der Waals surface area contributed by atoms with E-state index in [4.69, 9.17) is 0 Å². The zero-order valence-corrected chi connectivity index (χ0v) is 18.2. The van der Waals surface area contributed by atoms with Crippen LogP contribution in [0.1, 0.15) is 58.8 Å². The fraction of sp³-hybridized carbons (Fsp3) is 0.440. The van der Waals surface area contributed by atoms with Crippen LogP contribution in [0, 0.1) is 0 Å². The molecule has 0 aliphatic rings. The predicted octanol–water partition coefficient (Wildman–Crippen LogP) is 6.06. The molecule has 0 saturated heterocycles. The molecule has 2 aromatic rings. The number of unbranched alkanes of at least 4 members (excludes halogenated alkanes) is 5. The Labute approximate surface area is 171 Å². The van der Waals surface area contributed by atoms with E-state index in [1.807, 2.05) is 79.7 Å². The third-order valence-corrected chi connectivity index (χ3v) is 8.82. The van der Waals surface area contributed by atoms with Crippen LogP contribution in [0.4, 0.5) is 0 Å². The Balaban J connectivity index is 2.26. The van der Waals surface area contributed by atoms with Crippen LogP contribution in [-0.2, 0) is 4.57 Å². The summed E-state index contributed by atoms with van der Waals surface area (Å²) in [5, 5.41) is 12.7. The van der Waals surface area contributed by atoms with Crippen molar-refractivity contribution >= 4 is 17.8 Å². The van der Waals surface area contributed by atoms with Crippen molar-refractivity contribution in [2.75, 3.05) is 0 Å². The van der Waals surface area contributed by atoms with Crippen LogP contribution in [0.25, 0.3) is 0 Å². The van der Waals surface area contributed by atoms with Gasteiger partial charge in [0.2, 0.25) is 0 Å². The van der Waals surface area contributed by atoms with Gasteiger partial charge in [0.15, 0.2) is 7.14 Å². The Hall–Kier alpha value is -1.63. The van der Waals surface area contributed by atoms with Crippen molar-refractivity contribution in [3.8, 4) is 0 Å². The summed E-state index contributed by atoms with van der Waals surface area (Å²) in [5.41, 5.74) is -0.405. The maximum absolute atomic E-state index is 14.5. The number of benzene rings is 2. The van der Waals surface area contributed by atoms with Gasteiger partial charge in [0.1, 0.15) is 0 Å². The van der Waals surface area contributed by atoms with Crippen molar-refractivity contribution in [3.63, 3.8) is 0 Å². The van der Waals surface area contributed by atoms with Gasteiger partial charge in [-0.1, -0.05) is 118 Å². The van der Waals surface area contributed by atoms with E-state index < -0.39 is 18.9 Å². The monoisotopic (exact) mass is 398 g/mol. The van der Waals surface area contributed by atoms with E-state index in [1.54, 1.807) is 0 Å². The molecule has 3 heteroatoms. The van der Waals surface area contributed by atoms with E-state index in [2.05, 4.69) is 6.92 Å². The lowest BCUT2D eigenvalue weighted by Crippen LogP contribution is -2.33. The molecule has 152 valence electrons. The van der Waals surface area contributed by atoms with Gasteiger partial charge >= 0.3 is 0 Å². The summed E-state index contributed by atoms with van der Waals surface area (Å²) in [4.78, 5) is 0. The van der Waals surface area contributed by atoms with Crippen LogP contribution in [0.5, 0.6) is 0 Å². The van der Waals surface area contributed by atoms with E-state index in [0.717, 1.165) is 23.5 Å². The van der Waals surface area contributed by atoms with Gasteiger partial charge in [0, 0.05) is 10.6 Å². The van der Waals surface area contributed by atoms with Gasteiger partial charge in [-0.25, -0.2) is 0 Å². The maximum Gasteiger partial charge on any atom is 0.152 e. The molecule has 28 heavy (non-hydrogen) atoms. The lowest BCUT2D eigenvalue weighted by atomic mass is 10.1. The van der Waals surface area contributed by atoms with Crippen LogP contribution in [0.2, 0.25) is 0 Å². The molecule has 1 N–H and O–H groups in total. The summed E-state index contributed by atoms with van der Waals surface area (Å²) in [6.45, 7) is 4.15. The quantitative estimate of drug-likeness (QED) is 0.268. The number of hydrogen-bond donors (Lipinski definition) is 1. The molecule has 2 nitrogen and oxygen atoms in total. The minimum Gasteiger partial charge on any atom is -0.392 e. The second-order valence-electron chi connectivity index (χ2n) is 7.47. The van der Waals surface area contributed by atoms with Gasteiger partial charge in [-0.05, 0) is 13.3 Å². The molecule has 2 aromatic carbocycles. The third-order valence-electron chi connectivity index (χ3n) is 5.34. The van der Waals surface area contributed by atoms with Crippen molar-refractivity contribution in [2.24, 2.45) is 0 Å². The molecule has 0 spiro atoms. The van der Waals surface area contributed by atoms with Crippen molar-refractivity contribution < 1.29 is 9.67 Å². The van der Waals surface area contributed by atoms with Gasteiger partial charge in [-0.15, -0.1) is 0 Å². The number of allylic oxidation sites excluding steroid dienone is 1. The first kappa shape index (κ1) is 22.7. The molecule has 2 rings (SSSR count). The van der Waals surface area contributed by atoms with E-state index in [1.165, 1.54) is 25.7 Å². The summed E-state index contributed by atoms with van der Waals surface area (Å²) < 4.78 is 14.5. The SMILES string of the molecule is C/C=C/[C@H]([C@H](O)CCCCCCCC)P(=O)(c1ccccc1)c1ccccc1. The fourth-order valence-corrected chi connectivity index (χ4v) is 7.05. The molecule has 0 aliphatic carbocycles. The molecular weight excluding hydrogens is 363 g/mol. The van der Waals surface area contributed by atoms with E-state index in [9.17, 15) is 9.67 Å². The van der Waals surface area contributed by atoms with Crippen LogP contribution in [-0.4, -0.2) is 16.9 Å². The maximum atomic E-state index is 14.5. The molecule has 0 radical (unpaired) electrons. The minimum absolute atomic E-state index is 0.405. The number of aliphatic hydroxyl groups is 1. The van der Waals surface area contributed by atoms with Gasteiger partial charge in [0.25, 0.3) is 0 Å². The first-order chi connectivity index (χ1) is 13.6. The van der Waals surface area contributed by atoms with Crippen LogP contribution in [0.15, 0.2) is 72.8 Å². The Morgan fingerprint density at radius 1 is 0.857 bits per heavy atom. The summed E-state index contributed by atoms with van der Waals surface area (Å²) in [5.74, 6) is 0. The smallest absolute Gasteiger partial charge is 0.152 e. The van der Waals surface area contributed by atoms with E-state index in [0.29, 0.717) is 6.42 Å². The number of aliphatic hydroxyl groups excluding tert-OH is 1. The minimum atomic E-state index is -3.01. The Morgan fingerprint density at radius 2 is 1.36 bits per heavy atom. The zero-order valence-electron chi connectivity index (χ0n) is 17.3. The second-order valence-corrected chi connectivity index (χ2v) is 10.4. The van der Waals surface area contributed by atoms with Gasteiger partial charge in [0.05, 0.1) is 11.8 Å². The molecule has 0 fully saturated rings. The first-order valence-electron chi connectivity index (χ1n) is 10.7. The van der Waals surface area contributed by atoms with Gasteiger partial charge in [-0.3, -0.25) is 0 Å². The molecule has 0 amide bonds. The Kier molecular flexibility index (Phi) is 9.75. The average Bonchev–Trinajstić information content (AvgIpc) is 2.75. The fourth-order valence-electron chi connectivity index (χ4n) is 3.79. The van der Waals surface area contributed by atoms with E-state index in [-0.39, 0.29) is 0 Å². The highest BCUT2D eigenvalue weighted by atomic mass is 31.2. The van der Waals surface area contributed by atoms with Crippen molar-refractivity contribution in [2.45, 2.75) is 70.6 Å². The molecule has 0 bridgehead atoms. The van der Waals surface area contributed by atoms with Crippen molar-refractivity contribution in [1.29, 1.82) is 0 Å². The molecule has 0 heterocycles. The largest absolute Gasteiger partial charge is 0.392 e. The summed E-state index contributed by atoms with van der Waals surface area (Å²) in [6.07, 6.45) is 11.0. The Morgan fingerprint density at radius 3 is 1.86 bits per heavy atom. The van der Waals surface area contributed by atoms with Crippen molar-refractivity contribution in [1.82, 2.24) is 0 Å². The molecule has 2 atom stereocenters. The Bertz CT molecular complexity index is 696. The molecular formula is C25H35O2P. The van der Waals surface area contributed by atoms with E-state index >= 15 is 0 Å². The second kappa shape index (κ2) is 12.0. The van der Waals surface area contributed by atoms with Crippen LogP contribution in [0.3, 0.4) is 0 Å². The normalized spacial score (nSPS) is 14.2. The highest BCUT2D eigenvalue weighted by molar-refractivity contribution is 7.79. The molecule has 0 aliphatic heterocycles. The zero-order chi connectivity index (χ0) is 20.2. The molecule has 0 aromatic heterocycles. The van der Waals surface area contributed by atoms with Gasteiger partial charge in [-0.2, -0.15) is 0 Å². The predicted molar refractivity (Wildman–Crippen MR) is 122 cm³/mol. The third kappa shape index (κ3) is 5.93. The van der Waals surface area contributed by atoms with Crippen LogP contribution < -0.4 is 10.6 Å². The topological polar surface area (TPSA) is 37.3 Å². The number of rotatable bonds is 12. The standard InChI is InChI=1S/C25H35O2P/c1-3-5-6-7-8-15-21-24(26)25(16-4-2)28(27,22-17-11-9-12-18-22)23-19-13-10-14-20-23/h4,9-14,16-20,24-26H,3,5-8,15,21H2,1-2H3/b16-4+/t24-,25-/m1/s1. The van der Waals surface area contributed by atoms with Crippen LogP contribution >= 0.6 is 7.14 Å². The lowest BCUT2D eigenvalue weighted by molar-refractivity contribution is 0.166. The first-order valence-corrected chi connectivity index (χ1v) is 12.4. The molecule has 0 unspecified atom stereocenters. The summed E-state index contributed by atoms with van der Waals surface area (Å²) >= 11 is 0. The van der Waals surface area contributed by atoms with Crippen molar-refractivity contribution in [3.05, 3.63) is 72.8 Å². The summed E-state index contributed by atoms with van der Waals surface area (Å²) in [7, 11) is -3.01. The lowest BCUT2D eigenvalue weighted by Gasteiger charge is -2.30.